The zero-order chi connectivity index (χ0) is 15.2. The lowest BCUT2D eigenvalue weighted by molar-refractivity contribution is -0.111. The van der Waals surface area contributed by atoms with E-state index in [0.29, 0.717) is 10.6 Å². The number of methoxy groups -OCH3 is 1. The fraction of sp³-hybridized carbons (Fsp3) is 0.0667. The van der Waals surface area contributed by atoms with Gasteiger partial charge in [0.25, 0.3) is 0 Å². The molecule has 1 aromatic carbocycles. The number of hydrogen-bond acceptors (Lipinski definition) is 4. The Kier molecular flexibility index (Phi) is 5.30. The van der Waals surface area contributed by atoms with Crippen LogP contribution in [0.1, 0.15) is 15.2 Å². The highest BCUT2D eigenvalue weighted by Gasteiger charge is 2.14. The smallest absolute Gasteiger partial charge is 0.350 e. The van der Waals surface area contributed by atoms with Crippen LogP contribution in [-0.2, 0) is 9.53 Å². The third-order valence-corrected chi connectivity index (χ3v) is 4.01. The Labute approximate surface area is 134 Å². The lowest BCUT2D eigenvalue weighted by Crippen LogP contribution is -2.10. The molecule has 0 bridgehead atoms. The molecule has 1 aromatic heterocycles. The summed E-state index contributed by atoms with van der Waals surface area (Å²) in [6, 6.07) is 9.23. The van der Waals surface area contributed by atoms with Crippen molar-refractivity contribution in [3.63, 3.8) is 0 Å². The van der Waals surface area contributed by atoms with Crippen LogP contribution in [0.5, 0.6) is 0 Å². The molecule has 1 amide bonds. The van der Waals surface area contributed by atoms with Gasteiger partial charge in [-0.25, -0.2) is 4.79 Å². The number of rotatable bonds is 4. The van der Waals surface area contributed by atoms with Crippen molar-refractivity contribution < 1.29 is 14.3 Å². The van der Waals surface area contributed by atoms with Crippen molar-refractivity contribution in [2.45, 2.75) is 0 Å². The van der Waals surface area contributed by atoms with E-state index in [1.54, 1.807) is 17.5 Å². The molecule has 21 heavy (non-hydrogen) atoms. The number of ether oxygens (including phenoxy) is 1. The summed E-state index contributed by atoms with van der Waals surface area (Å²) in [5, 5.41) is 4.38. The second kappa shape index (κ2) is 7.19. The van der Waals surface area contributed by atoms with E-state index in [-0.39, 0.29) is 5.91 Å². The SMILES string of the molecule is COC(=O)c1sccc1NC(=O)/C=C/c1ccc(Br)cc1. The van der Waals surface area contributed by atoms with E-state index in [1.807, 2.05) is 24.3 Å². The molecule has 0 saturated heterocycles. The maximum Gasteiger partial charge on any atom is 0.350 e. The number of thiophene rings is 1. The number of amides is 1. The second-order valence-electron chi connectivity index (χ2n) is 4.03. The molecule has 0 aliphatic heterocycles. The van der Waals surface area contributed by atoms with Crippen molar-refractivity contribution in [1.82, 2.24) is 0 Å². The third-order valence-electron chi connectivity index (χ3n) is 2.59. The van der Waals surface area contributed by atoms with Crippen LogP contribution in [-0.4, -0.2) is 19.0 Å². The number of halogens is 1. The van der Waals surface area contributed by atoms with Gasteiger partial charge < -0.3 is 10.1 Å². The Morgan fingerprint density at radius 3 is 2.62 bits per heavy atom. The molecule has 0 fully saturated rings. The quantitative estimate of drug-likeness (QED) is 0.659. The fourth-order valence-corrected chi connectivity index (χ4v) is 2.61. The van der Waals surface area contributed by atoms with Crippen LogP contribution in [0, 0.1) is 0 Å². The number of carbonyl (C=O) groups is 2. The van der Waals surface area contributed by atoms with E-state index >= 15 is 0 Å². The van der Waals surface area contributed by atoms with Crippen LogP contribution in [0.2, 0.25) is 0 Å². The molecule has 2 rings (SSSR count). The Morgan fingerprint density at radius 2 is 1.95 bits per heavy atom. The Morgan fingerprint density at radius 1 is 1.24 bits per heavy atom. The minimum absolute atomic E-state index is 0.304. The highest BCUT2D eigenvalue weighted by molar-refractivity contribution is 9.10. The standard InChI is InChI=1S/C15H12BrNO3S/c1-20-15(19)14-12(8-9-21-14)17-13(18)7-4-10-2-5-11(16)6-3-10/h2-9H,1H3,(H,17,18)/b7-4+. The Balaban J connectivity index is 2.03. The lowest BCUT2D eigenvalue weighted by atomic mass is 10.2. The molecular formula is C15H12BrNO3S. The molecule has 0 atom stereocenters. The summed E-state index contributed by atoms with van der Waals surface area (Å²) in [4.78, 5) is 23.7. The minimum atomic E-state index is -0.461. The van der Waals surface area contributed by atoms with Gasteiger partial charge in [-0.2, -0.15) is 0 Å². The molecule has 4 nitrogen and oxygen atoms in total. The molecule has 0 unspecified atom stereocenters. The Bertz CT molecular complexity index is 676. The van der Waals surface area contributed by atoms with Crippen molar-refractivity contribution in [3.05, 3.63) is 56.7 Å². The zero-order valence-electron chi connectivity index (χ0n) is 11.1. The molecule has 6 heteroatoms. The number of anilines is 1. The fourth-order valence-electron chi connectivity index (χ4n) is 1.58. The second-order valence-corrected chi connectivity index (χ2v) is 5.86. The maximum atomic E-state index is 11.9. The topological polar surface area (TPSA) is 55.4 Å². The van der Waals surface area contributed by atoms with Crippen molar-refractivity contribution in [3.8, 4) is 0 Å². The Hall–Kier alpha value is -1.92. The normalized spacial score (nSPS) is 10.6. The predicted octanol–water partition coefficient (Wildman–Crippen LogP) is 3.95. The minimum Gasteiger partial charge on any atom is -0.465 e. The zero-order valence-corrected chi connectivity index (χ0v) is 13.5. The van der Waals surface area contributed by atoms with E-state index < -0.39 is 5.97 Å². The first-order chi connectivity index (χ1) is 10.1. The molecule has 0 aliphatic rings. The van der Waals surface area contributed by atoms with Crippen LogP contribution in [0.15, 0.2) is 46.3 Å². The lowest BCUT2D eigenvalue weighted by Gasteiger charge is -2.02. The van der Waals surface area contributed by atoms with Crippen molar-refractivity contribution >= 4 is 50.9 Å². The summed E-state index contributed by atoms with van der Waals surface area (Å²) in [5.74, 6) is -0.765. The molecule has 1 heterocycles. The monoisotopic (exact) mass is 365 g/mol. The van der Waals surface area contributed by atoms with Gasteiger partial charge in [-0.05, 0) is 35.2 Å². The van der Waals surface area contributed by atoms with E-state index in [1.165, 1.54) is 24.5 Å². The van der Waals surface area contributed by atoms with Crippen LogP contribution in [0.3, 0.4) is 0 Å². The van der Waals surface area contributed by atoms with Crippen molar-refractivity contribution in [1.29, 1.82) is 0 Å². The van der Waals surface area contributed by atoms with Gasteiger partial charge in [-0.1, -0.05) is 28.1 Å². The van der Waals surface area contributed by atoms with Crippen LogP contribution in [0.25, 0.3) is 6.08 Å². The summed E-state index contributed by atoms with van der Waals surface area (Å²) in [7, 11) is 1.31. The van der Waals surface area contributed by atoms with Gasteiger partial charge in [-0.15, -0.1) is 11.3 Å². The number of benzene rings is 1. The van der Waals surface area contributed by atoms with Gasteiger partial charge in [0.2, 0.25) is 5.91 Å². The molecule has 108 valence electrons. The molecule has 0 spiro atoms. The average molecular weight is 366 g/mol. The number of nitrogens with one attached hydrogen (secondary N) is 1. The molecule has 1 N–H and O–H groups in total. The summed E-state index contributed by atoms with van der Waals surface area (Å²) in [6.07, 6.45) is 3.12. The number of carbonyl (C=O) groups excluding carboxylic acids is 2. The van der Waals surface area contributed by atoms with Crippen molar-refractivity contribution in [2.24, 2.45) is 0 Å². The van der Waals surface area contributed by atoms with Gasteiger partial charge in [0.15, 0.2) is 0 Å². The first-order valence-corrected chi connectivity index (χ1v) is 7.68. The first kappa shape index (κ1) is 15.5. The van der Waals surface area contributed by atoms with E-state index in [9.17, 15) is 9.59 Å². The molecular weight excluding hydrogens is 354 g/mol. The summed E-state index contributed by atoms with van der Waals surface area (Å²) in [6.45, 7) is 0. The van der Waals surface area contributed by atoms with Crippen LogP contribution >= 0.6 is 27.3 Å². The molecule has 0 radical (unpaired) electrons. The summed E-state index contributed by atoms with van der Waals surface area (Å²) in [5.41, 5.74) is 1.36. The highest BCUT2D eigenvalue weighted by Crippen LogP contribution is 2.23. The van der Waals surface area contributed by atoms with E-state index in [0.717, 1.165) is 10.0 Å². The largest absolute Gasteiger partial charge is 0.465 e. The third kappa shape index (κ3) is 4.27. The van der Waals surface area contributed by atoms with E-state index in [2.05, 4.69) is 26.0 Å². The highest BCUT2D eigenvalue weighted by atomic mass is 79.9. The molecule has 0 saturated carbocycles. The van der Waals surface area contributed by atoms with Gasteiger partial charge in [0.05, 0.1) is 12.8 Å². The van der Waals surface area contributed by atoms with Crippen molar-refractivity contribution in [2.75, 3.05) is 12.4 Å². The molecule has 2 aromatic rings. The van der Waals surface area contributed by atoms with Crippen LogP contribution < -0.4 is 5.32 Å². The van der Waals surface area contributed by atoms with E-state index in [4.69, 9.17) is 0 Å². The number of esters is 1. The predicted molar refractivity (Wildman–Crippen MR) is 87.5 cm³/mol. The molecule has 0 aliphatic carbocycles. The number of hydrogen-bond donors (Lipinski definition) is 1. The maximum absolute atomic E-state index is 11.9. The summed E-state index contributed by atoms with van der Waals surface area (Å²) < 4.78 is 5.63. The van der Waals surface area contributed by atoms with Gasteiger partial charge in [0, 0.05) is 10.5 Å². The average Bonchev–Trinajstić information content (AvgIpc) is 2.94. The summed E-state index contributed by atoms with van der Waals surface area (Å²) >= 11 is 4.57. The van der Waals surface area contributed by atoms with Gasteiger partial charge in [0.1, 0.15) is 4.88 Å². The first-order valence-electron chi connectivity index (χ1n) is 6.00. The van der Waals surface area contributed by atoms with Gasteiger partial charge in [-0.3, -0.25) is 4.79 Å². The van der Waals surface area contributed by atoms with Gasteiger partial charge >= 0.3 is 5.97 Å². The van der Waals surface area contributed by atoms with Crippen LogP contribution in [0.4, 0.5) is 5.69 Å².